The Hall–Kier alpha value is -2.68. The molecule has 9 nitrogen and oxygen atoms in total. The second kappa shape index (κ2) is 9.42. The summed E-state index contributed by atoms with van der Waals surface area (Å²) < 4.78 is 12.4. The lowest BCUT2D eigenvalue weighted by Gasteiger charge is -2.33. The maximum Gasteiger partial charge on any atom is 0.251 e. The molecule has 30 heavy (non-hydrogen) atoms. The summed E-state index contributed by atoms with van der Waals surface area (Å²) in [6.07, 6.45) is 2.71. The lowest BCUT2D eigenvalue weighted by molar-refractivity contribution is 0.0905. The summed E-state index contributed by atoms with van der Waals surface area (Å²) in [6, 6.07) is 5.34. The SMILES string of the molecule is CCC(C)(C)n1nnnc1CN1CCC(NC(=O)c2cc(OC)cc(OC)c2)CC1. The summed E-state index contributed by atoms with van der Waals surface area (Å²) >= 11 is 0. The number of hydrogen-bond donors (Lipinski definition) is 1. The van der Waals surface area contributed by atoms with Gasteiger partial charge in [-0.1, -0.05) is 6.92 Å². The third kappa shape index (κ3) is 5.08. The van der Waals surface area contributed by atoms with Crippen molar-refractivity contribution in [2.45, 2.75) is 58.2 Å². The summed E-state index contributed by atoms with van der Waals surface area (Å²) in [5, 5.41) is 15.4. The molecule has 9 heteroatoms. The van der Waals surface area contributed by atoms with Crippen LogP contribution in [0.5, 0.6) is 11.5 Å². The number of amides is 1. The van der Waals surface area contributed by atoms with Crippen molar-refractivity contribution in [3.63, 3.8) is 0 Å². The minimum absolute atomic E-state index is 0.108. The summed E-state index contributed by atoms with van der Waals surface area (Å²) in [7, 11) is 3.15. The Morgan fingerprint density at radius 1 is 1.17 bits per heavy atom. The van der Waals surface area contributed by atoms with Crippen molar-refractivity contribution in [3.8, 4) is 11.5 Å². The molecule has 0 unspecified atom stereocenters. The molecule has 0 radical (unpaired) electrons. The van der Waals surface area contributed by atoms with Gasteiger partial charge in [-0.2, -0.15) is 0 Å². The molecular weight excluding hydrogens is 384 g/mol. The zero-order valence-electron chi connectivity index (χ0n) is 18.5. The van der Waals surface area contributed by atoms with E-state index in [0.29, 0.717) is 23.6 Å². The van der Waals surface area contributed by atoms with Gasteiger partial charge in [-0.05, 0) is 55.7 Å². The average molecular weight is 417 g/mol. The van der Waals surface area contributed by atoms with Crippen LogP contribution in [0.1, 0.15) is 56.2 Å². The maximum absolute atomic E-state index is 12.7. The average Bonchev–Trinajstić information content (AvgIpc) is 3.23. The molecule has 1 aromatic heterocycles. The first-order valence-corrected chi connectivity index (χ1v) is 10.4. The Balaban J connectivity index is 1.55. The van der Waals surface area contributed by atoms with Crippen molar-refractivity contribution in [1.82, 2.24) is 30.4 Å². The molecular formula is C21H32N6O3. The molecule has 0 aliphatic carbocycles. The molecule has 1 aliphatic heterocycles. The van der Waals surface area contributed by atoms with E-state index >= 15 is 0 Å². The van der Waals surface area contributed by atoms with Crippen molar-refractivity contribution in [3.05, 3.63) is 29.6 Å². The highest BCUT2D eigenvalue weighted by Gasteiger charge is 2.27. The molecule has 0 saturated carbocycles. The quantitative estimate of drug-likeness (QED) is 0.705. The highest BCUT2D eigenvalue weighted by atomic mass is 16.5. The van der Waals surface area contributed by atoms with Gasteiger partial charge in [0.1, 0.15) is 11.5 Å². The van der Waals surface area contributed by atoms with Gasteiger partial charge in [0.25, 0.3) is 5.91 Å². The number of aromatic nitrogens is 4. The van der Waals surface area contributed by atoms with Gasteiger partial charge in [0, 0.05) is 30.8 Å². The number of methoxy groups -OCH3 is 2. The van der Waals surface area contributed by atoms with Crippen LogP contribution in [-0.4, -0.2) is 64.4 Å². The van der Waals surface area contributed by atoms with Gasteiger partial charge in [0.15, 0.2) is 5.82 Å². The van der Waals surface area contributed by atoms with Crippen LogP contribution in [0.3, 0.4) is 0 Å². The Morgan fingerprint density at radius 2 is 1.80 bits per heavy atom. The number of carbonyl (C=O) groups is 1. The van der Waals surface area contributed by atoms with E-state index in [2.05, 4.69) is 46.5 Å². The highest BCUT2D eigenvalue weighted by Crippen LogP contribution is 2.23. The fraction of sp³-hybridized carbons (Fsp3) is 0.619. The van der Waals surface area contributed by atoms with E-state index in [-0.39, 0.29) is 17.5 Å². The molecule has 3 rings (SSSR count). The van der Waals surface area contributed by atoms with E-state index in [9.17, 15) is 4.79 Å². The van der Waals surface area contributed by atoms with Crippen molar-refractivity contribution >= 4 is 5.91 Å². The zero-order chi connectivity index (χ0) is 21.7. The molecule has 1 N–H and O–H groups in total. The first-order chi connectivity index (χ1) is 14.4. The van der Waals surface area contributed by atoms with E-state index in [1.807, 2.05) is 4.68 Å². The fourth-order valence-electron chi connectivity index (χ4n) is 3.57. The standard InChI is InChI=1S/C21H32N6O3/c1-6-21(2,3)27-19(23-24-25-27)14-26-9-7-16(8-10-26)22-20(28)15-11-17(29-4)13-18(12-15)30-5/h11-13,16H,6-10,14H2,1-5H3,(H,22,28). The lowest BCUT2D eigenvalue weighted by Crippen LogP contribution is -2.45. The first kappa shape index (κ1) is 22.0. The number of tetrazole rings is 1. The number of likely N-dealkylation sites (tertiary alicyclic amines) is 1. The Bertz CT molecular complexity index is 836. The summed E-state index contributed by atoms with van der Waals surface area (Å²) in [4.78, 5) is 15.0. The second-order valence-corrected chi connectivity index (χ2v) is 8.30. The van der Waals surface area contributed by atoms with Gasteiger partial charge in [0.05, 0.1) is 26.3 Å². The number of rotatable bonds is 8. The van der Waals surface area contributed by atoms with E-state index in [4.69, 9.17) is 9.47 Å². The van der Waals surface area contributed by atoms with Gasteiger partial charge in [-0.25, -0.2) is 4.68 Å². The van der Waals surface area contributed by atoms with Gasteiger partial charge in [-0.15, -0.1) is 5.10 Å². The van der Waals surface area contributed by atoms with Gasteiger partial charge in [-0.3, -0.25) is 9.69 Å². The van der Waals surface area contributed by atoms with Crippen LogP contribution in [0.2, 0.25) is 0 Å². The van der Waals surface area contributed by atoms with Crippen LogP contribution in [0.4, 0.5) is 0 Å². The lowest BCUT2D eigenvalue weighted by atomic mass is 10.0. The van der Waals surface area contributed by atoms with Gasteiger partial charge < -0.3 is 14.8 Å². The molecule has 1 fully saturated rings. The zero-order valence-corrected chi connectivity index (χ0v) is 18.5. The molecule has 1 saturated heterocycles. The number of nitrogens with one attached hydrogen (secondary N) is 1. The number of benzene rings is 1. The third-order valence-electron chi connectivity index (χ3n) is 5.87. The maximum atomic E-state index is 12.7. The summed E-state index contributed by atoms with van der Waals surface area (Å²) in [5.41, 5.74) is 0.428. The normalized spacial score (nSPS) is 15.8. The van der Waals surface area contributed by atoms with E-state index in [1.165, 1.54) is 0 Å². The van der Waals surface area contributed by atoms with Crippen molar-refractivity contribution in [1.29, 1.82) is 0 Å². The van der Waals surface area contributed by atoms with Crippen molar-refractivity contribution in [2.24, 2.45) is 0 Å². The molecule has 0 atom stereocenters. The first-order valence-electron chi connectivity index (χ1n) is 10.4. The van der Waals surface area contributed by atoms with Crippen molar-refractivity contribution < 1.29 is 14.3 Å². The molecule has 2 aromatic rings. The van der Waals surface area contributed by atoms with Gasteiger partial charge in [0.2, 0.25) is 0 Å². The number of ether oxygens (including phenoxy) is 2. The molecule has 1 amide bonds. The largest absolute Gasteiger partial charge is 0.497 e. The van der Waals surface area contributed by atoms with E-state index < -0.39 is 0 Å². The Kier molecular flexibility index (Phi) is 6.91. The summed E-state index contributed by atoms with van der Waals surface area (Å²) in [5.74, 6) is 1.97. The van der Waals surface area contributed by atoms with Crippen LogP contribution < -0.4 is 14.8 Å². The fourth-order valence-corrected chi connectivity index (χ4v) is 3.57. The predicted molar refractivity (Wildman–Crippen MR) is 113 cm³/mol. The van der Waals surface area contributed by atoms with E-state index in [0.717, 1.165) is 38.2 Å². The molecule has 0 bridgehead atoms. The smallest absolute Gasteiger partial charge is 0.251 e. The topological polar surface area (TPSA) is 94.4 Å². The predicted octanol–water partition coefficient (Wildman–Crippen LogP) is 2.23. The van der Waals surface area contributed by atoms with Crippen LogP contribution in [0.15, 0.2) is 18.2 Å². The Labute approximate surface area is 177 Å². The molecule has 1 aromatic carbocycles. The molecule has 164 valence electrons. The summed E-state index contributed by atoms with van der Waals surface area (Å²) in [6.45, 7) is 8.89. The minimum atomic E-state index is -0.112. The monoisotopic (exact) mass is 416 g/mol. The molecule has 2 heterocycles. The Morgan fingerprint density at radius 3 is 2.37 bits per heavy atom. The molecule has 0 spiro atoms. The van der Waals surface area contributed by atoms with Crippen LogP contribution in [0, 0.1) is 0 Å². The van der Waals surface area contributed by atoms with E-state index in [1.54, 1.807) is 32.4 Å². The number of piperidine rings is 1. The minimum Gasteiger partial charge on any atom is -0.497 e. The molecule has 1 aliphatic rings. The van der Waals surface area contributed by atoms with Crippen LogP contribution in [-0.2, 0) is 12.1 Å². The second-order valence-electron chi connectivity index (χ2n) is 8.30. The highest BCUT2D eigenvalue weighted by molar-refractivity contribution is 5.95. The van der Waals surface area contributed by atoms with Crippen LogP contribution >= 0.6 is 0 Å². The van der Waals surface area contributed by atoms with Crippen molar-refractivity contribution in [2.75, 3.05) is 27.3 Å². The van der Waals surface area contributed by atoms with Gasteiger partial charge >= 0.3 is 0 Å². The number of nitrogens with zero attached hydrogens (tertiary/aromatic N) is 5. The number of hydrogen-bond acceptors (Lipinski definition) is 7. The number of carbonyl (C=O) groups excluding carboxylic acids is 1. The van der Waals surface area contributed by atoms with Crippen LogP contribution in [0.25, 0.3) is 0 Å². The third-order valence-corrected chi connectivity index (χ3v) is 5.87.